The fourth-order valence-electron chi connectivity index (χ4n) is 2.79. The molecular weight excluding hydrogens is 238 g/mol. The molecule has 0 bridgehead atoms. The van der Waals surface area contributed by atoms with Crippen molar-refractivity contribution in [3.05, 3.63) is 35.4 Å². The van der Waals surface area contributed by atoms with Crippen LogP contribution in [0, 0.1) is 6.92 Å². The van der Waals surface area contributed by atoms with Crippen molar-refractivity contribution in [3.8, 4) is 0 Å². The summed E-state index contributed by atoms with van der Waals surface area (Å²) in [7, 11) is 0. The normalized spacial score (nSPS) is 18.8. The lowest BCUT2D eigenvalue weighted by atomic mass is 9.88. The second-order valence-corrected chi connectivity index (χ2v) is 6.81. The van der Waals surface area contributed by atoms with E-state index in [2.05, 4.69) is 54.5 Å². The first-order chi connectivity index (χ1) is 8.74. The summed E-state index contributed by atoms with van der Waals surface area (Å²) >= 11 is 2.07. The maximum atomic E-state index is 3.66. The molecule has 0 radical (unpaired) electrons. The fraction of sp³-hybridized carbons (Fsp3) is 0.625. The Hall–Kier alpha value is -0.470. The number of rotatable bonds is 5. The van der Waals surface area contributed by atoms with Gasteiger partial charge in [-0.25, -0.2) is 0 Å². The van der Waals surface area contributed by atoms with Crippen LogP contribution in [0.15, 0.2) is 24.3 Å². The van der Waals surface area contributed by atoms with E-state index in [1.165, 1.54) is 43.2 Å². The molecule has 1 saturated carbocycles. The highest BCUT2D eigenvalue weighted by Gasteiger charge is 2.30. The molecule has 100 valence electrons. The Morgan fingerprint density at radius 1 is 1.11 bits per heavy atom. The molecule has 0 unspecified atom stereocenters. The molecular formula is C16H25NS. The topological polar surface area (TPSA) is 12.0 Å². The Morgan fingerprint density at radius 3 is 2.39 bits per heavy atom. The second-order valence-electron chi connectivity index (χ2n) is 5.54. The molecule has 1 aliphatic carbocycles. The van der Waals surface area contributed by atoms with Gasteiger partial charge in [0.1, 0.15) is 0 Å². The molecule has 0 spiro atoms. The van der Waals surface area contributed by atoms with Crippen LogP contribution in [-0.2, 0) is 6.54 Å². The van der Waals surface area contributed by atoms with Crippen LogP contribution in [-0.4, -0.2) is 17.5 Å². The number of thioether (sulfide) groups is 1. The zero-order chi connectivity index (χ0) is 12.8. The summed E-state index contributed by atoms with van der Waals surface area (Å²) < 4.78 is 0.503. The minimum Gasteiger partial charge on any atom is -0.311 e. The summed E-state index contributed by atoms with van der Waals surface area (Å²) in [5.41, 5.74) is 2.74. The van der Waals surface area contributed by atoms with Crippen molar-refractivity contribution in [1.82, 2.24) is 5.32 Å². The number of benzene rings is 1. The van der Waals surface area contributed by atoms with Gasteiger partial charge in [-0.1, -0.05) is 49.1 Å². The Labute approximate surface area is 116 Å². The second kappa shape index (κ2) is 6.63. The van der Waals surface area contributed by atoms with E-state index >= 15 is 0 Å². The SMILES string of the molecule is CSC1(CNCc2ccc(C)cc2)CCCCC1. The highest BCUT2D eigenvalue weighted by atomic mass is 32.2. The van der Waals surface area contributed by atoms with E-state index in [1.807, 2.05) is 0 Å². The summed E-state index contributed by atoms with van der Waals surface area (Å²) in [6, 6.07) is 8.86. The van der Waals surface area contributed by atoms with Gasteiger partial charge in [-0.05, 0) is 31.6 Å². The highest BCUT2D eigenvalue weighted by Crippen LogP contribution is 2.37. The van der Waals surface area contributed by atoms with E-state index < -0.39 is 0 Å². The first-order valence-corrected chi connectivity index (χ1v) is 8.28. The van der Waals surface area contributed by atoms with Gasteiger partial charge >= 0.3 is 0 Å². The minimum atomic E-state index is 0.503. The molecule has 1 fully saturated rings. The van der Waals surface area contributed by atoms with Crippen LogP contribution in [0.5, 0.6) is 0 Å². The van der Waals surface area contributed by atoms with Gasteiger partial charge in [0, 0.05) is 17.8 Å². The van der Waals surface area contributed by atoms with Gasteiger partial charge in [0.25, 0.3) is 0 Å². The Morgan fingerprint density at radius 2 is 1.78 bits per heavy atom. The lowest BCUT2D eigenvalue weighted by molar-refractivity contribution is 0.379. The number of hydrogen-bond acceptors (Lipinski definition) is 2. The quantitative estimate of drug-likeness (QED) is 0.856. The van der Waals surface area contributed by atoms with Crippen molar-refractivity contribution in [3.63, 3.8) is 0 Å². The average Bonchev–Trinajstić information content (AvgIpc) is 2.42. The van der Waals surface area contributed by atoms with E-state index in [4.69, 9.17) is 0 Å². The summed E-state index contributed by atoms with van der Waals surface area (Å²) in [4.78, 5) is 0. The third kappa shape index (κ3) is 3.76. The van der Waals surface area contributed by atoms with Crippen LogP contribution in [0.1, 0.15) is 43.2 Å². The van der Waals surface area contributed by atoms with E-state index in [9.17, 15) is 0 Å². The van der Waals surface area contributed by atoms with Gasteiger partial charge < -0.3 is 5.32 Å². The molecule has 18 heavy (non-hydrogen) atoms. The van der Waals surface area contributed by atoms with Gasteiger partial charge in [0.05, 0.1) is 0 Å². The molecule has 0 amide bonds. The van der Waals surface area contributed by atoms with Gasteiger partial charge in [-0.3, -0.25) is 0 Å². The third-order valence-corrected chi connectivity index (χ3v) is 5.51. The van der Waals surface area contributed by atoms with E-state index in [0.29, 0.717) is 4.75 Å². The Balaban J connectivity index is 1.81. The van der Waals surface area contributed by atoms with Crippen LogP contribution < -0.4 is 5.32 Å². The number of aryl methyl sites for hydroxylation is 1. The molecule has 1 N–H and O–H groups in total. The zero-order valence-electron chi connectivity index (χ0n) is 11.7. The van der Waals surface area contributed by atoms with E-state index in [0.717, 1.165) is 13.1 Å². The molecule has 0 atom stereocenters. The Kier molecular flexibility index (Phi) is 5.13. The van der Waals surface area contributed by atoms with Crippen molar-refractivity contribution in [2.75, 3.05) is 12.8 Å². The molecule has 1 nitrogen and oxygen atoms in total. The van der Waals surface area contributed by atoms with Crippen LogP contribution >= 0.6 is 11.8 Å². The maximum Gasteiger partial charge on any atom is 0.0281 e. The zero-order valence-corrected chi connectivity index (χ0v) is 12.5. The summed E-state index contributed by atoms with van der Waals surface area (Å²) in [6.07, 6.45) is 9.30. The minimum absolute atomic E-state index is 0.503. The maximum absolute atomic E-state index is 3.66. The van der Waals surface area contributed by atoms with Crippen molar-refractivity contribution in [1.29, 1.82) is 0 Å². The lowest BCUT2D eigenvalue weighted by Gasteiger charge is -2.36. The molecule has 1 aromatic carbocycles. The summed E-state index contributed by atoms with van der Waals surface area (Å²) in [6.45, 7) is 4.30. The van der Waals surface area contributed by atoms with Gasteiger partial charge in [-0.15, -0.1) is 0 Å². The van der Waals surface area contributed by atoms with Crippen LogP contribution in [0.2, 0.25) is 0 Å². The van der Waals surface area contributed by atoms with Crippen molar-refractivity contribution in [2.24, 2.45) is 0 Å². The van der Waals surface area contributed by atoms with Gasteiger partial charge in [-0.2, -0.15) is 11.8 Å². The molecule has 2 rings (SSSR count). The standard InChI is InChI=1S/C16H25NS/c1-14-6-8-15(9-7-14)12-17-13-16(18-2)10-4-3-5-11-16/h6-9,17H,3-5,10-13H2,1-2H3. The number of hydrogen-bond donors (Lipinski definition) is 1. The average molecular weight is 263 g/mol. The predicted octanol–water partition coefficient (Wildman–Crippen LogP) is 4.15. The lowest BCUT2D eigenvalue weighted by Crippen LogP contribution is -2.39. The van der Waals surface area contributed by atoms with Crippen molar-refractivity contribution in [2.45, 2.75) is 50.3 Å². The van der Waals surface area contributed by atoms with Gasteiger partial charge in [0.15, 0.2) is 0 Å². The molecule has 0 saturated heterocycles. The first-order valence-electron chi connectivity index (χ1n) is 7.06. The fourth-order valence-corrected chi connectivity index (χ4v) is 3.73. The summed E-state index contributed by atoms with van der Waals surface area (Å²) in [5.74, 6) is 0. The van der Waals surface area contributed by atoms with Crippen LogP contribution in [0.4, 0.5) is 0 Å². The predicted molar refractivity (Wildman–Crippen MR) is 82.2 cm³/mol. The largest absolute Gasteiger partial charge is 0.311 e. The van der Waals surface area contributed by atoms with E-state index in [1.54, 1.807) is 0 Å². The van der Waals surface area contributed by atoms with Gasteiger partial charge in [0.2, 0.25) is 0 Å². The molecule has 1 aromatic rings. The molecule has 0 aliphatic heterocycles. The highest BCUT2D eigenvalue weighted by molar-refractivity contribution is 8.00. The third-order valence-electron chi connectivity index (χ3n) is 4.09. The Bertz CT molecular complexity index is 352. The smallest absolute Gasteiger partial charge is 0.0281 e. The monoisotopic (exact) mass is 263 g/mol. The van der Waals surface area contributed by atoms with Crippen LogP contribution in [0.3, 0.4) is 0 Å². The first kappa shape index (κ1) is 14.0. The molecule has 0 heterocycles. The molecule has 2 heteroatoms. The molecule has 0 aromatic heterocycles. The van der Waals surface area contributed by atoms with E-state index in [-0.39, 0.29) is 0 Å². The van der Waals surface area contributed by atoms with Crippen LogP contribution in [0.25, 0.3) is 0 Å². The molecule has 1 aliphatic rings. The summed E-state index contributed by atoms with van der Waals surface area (Å²) in [5, 5.41) is 3.66. The number of nitrogens with one attached hydrogen (secondary N) is 1. The van der Waals surface area contributed by atoms with Crippen molar-refractivity contribution < 1.29 is 0 Å². The van der Waals surface area contributed by atoms with Crippen molar-refractivity contribution >= 4 is 11.8 Å².